The third kappa shape index (κ3) is 6.71. The number of rotatable bonds is 8. The standard InChI is InChI=1S/C41H42ClN9O7/c1-40(2)37(41(3,4)38(40)58-26-6-5-22(16-43)29(42)15-26)47-33(54)25-17-44-39(45-18-25)49-11-9-48(10-12-49)21-32(53)50-19-23-13-27-28(14-24(23)20-50)36(57)51(35(27)56)30-7-8-31(52)46-34(30)55/h5-6,13-15,17-18,30,37-38H,7-12,19-21H2,1-4H3,(H,47,54)(H,46,52,55). The second-order valence-corrected chi connectivity index (χ2v) is 17.1. The van der Waals surface area contributed by atoms with Gasteiger partial charge in [-0.05, 0) is 41.8 Å². The van der Waals surface area contributed by atoms with Crippen LogP contribution in [0.4, 0.5) is 5.95 Å². The number of hydrogen-bond donors (Lipinski definition) is 2. The van der Waals surface area contributed by atoms with Gasteiger partial charge in [0.05, 0.1) is 33.8 Å². The average molecular weight is 808 g/mol. The van der Waals surface area contributed by atoms with Crippen LogP contribution in [-0.4, -0.2) is 111 Å². The molecule has 3 fully saturated rings. The molecule has 3 aromatic rings. The highest BCUT2D eigenvalue weighted by Gasteiger charge is 2.64. The van der Waals surface area contributed by atoms with Gasteiger partial charge >= 0.3 is 0 Å². The van der Waals surface area contributed by atoms with E-state index in [0.717, 1.165) is 16.0 Å². The maximum Gasteiger partial charge on any atom is 0.262 e. The second kappa shape index (κ2) is 14.5. The number of anilines is 1. The van der Waals surface area contributed by atoms with E-state index in [9.17, 15) is 34.0 Å². The summed E-state index contributed by atoms with van der Waals surface area (Å²) in [6.45, 7) is 11.3. The Labute approximate surface area is 339 Å². The van der Waals surface area contributed by atoms with Crippen LogP contribution in [0.2, 0.25) is 5.02 Å². The van der Waals surface area contributed by atoms with Gasteiger partial charge < -0.3 is 19.9 Å². The van der Waals surface area contributed by atoms with E-state index in [2.05, 4.69) is 25.5 Å². The number of hydrogen-bond acceptors (Lipinski definition) is 12. The van der Waals surface area contributed by atoms with Crippen LogP contribution >= 0.6 is 11.6 Å². The van der Waals surface area contributed by atoms with Crippen LogP contribution in [0.5, 0.6) is 5.75 Å². The van der Waals surface area contributed by atoms with Crippen molar-refractivity contribution in [1.82, 2.24) is 35.3 Å². The lowest BCUT2D eigenvalue weighted by molar-refractivity contribution is -0.164. The van der Waals surface area contributed by atoms with E-state index in [1.165, 1.54) is 12.4 Å². The number of fused-ring (bicyclic) bond motifs is 2. The topological polar surface area (TPSA) is 198 Å². The zero-order chi connectivity index (χ0) is 41.3. The van der Waals surface area contributed by atoms with Gasteiger partial charge in [-0.25, -0.2) is 9.97 Å². The van der Waals surface area contributed by atoms with Crippen LogP contribution in [0.25, 0.3) is 0 Å². The Morgan fingerprint density at radius 3 is 2.14 bits per heavy atom. The summed E-state index contributed by atoms with van der Waals surface area (Å²) < 4.78 is 6.34. The summed E-state index contributed by atoms with van der Waals surface area (Å²) in [5.41, 5.74) is 1.81. The number of imide groups is 2. The molecule has 5 aliphatic rings. The van der Waals surface area contributed by atoms with Gasteiger partial charge in [0, 0.05) is 81.0 Å². The number of piperidine rings is 1. The number of nitrogens with zero attached hydrogens (tertiary/aromatic N) is 7. The second-order valence-electron chi connectivity index (χ2n) is 16.7. The Morgan fingerprint density at radius 1 is 0.948 bits per heavy atom. The maximum atomic E-state index is 13.4. The highest BCUT2D eigenvalue weighted by Crippen LogP contribution is 2.55. The fourth-order valence-electron chi connectivity index (χ4n) is 9.35. The number of carbonyl (C=O) groups excluding carboxylic acids is 6. The lowest BCUT2D eigenvalue weighted by Gasteiger charge is -2.63. The van der Waals surface area contributed by atoms with E-state index in [-0.39, 0.29) is 54.5 Å². The van der Waals surface area contributed by atoms with Gasteiger partial charge in [-0.3, -0.25) is 43.9 Å². The highest BCUT2D eigenvalue weighted by atomic mass is 35.5. The molecule has 1 aromatic heterocycles. The lowest BCUT2D eigenvalue weighted by Crippen LogP contribution is -2.74. The Hall–Kier alpha value is -5.92. The number of nitrogens with one attached hydrogen (secondary N) is 2. The van der Waals surface area contributed by atoms with E-state index in [4.69, 9.17) is 16.3 Å². The molecule has 0 radical (unpaired) electrons. The Morgan fingerprint density at radius 2 is 1.57 bits per heavy atom. The lowest BCUT2D eigenvalue weighted by atomic mass is 9.49. The van der Waals surface area contributed by atoms with Crippen molar-refractivity contribution in [3.63, 3.8) is 0 Å². The third-order valence-electron chi connectivity index (χ3n) is 12.2. The molecule has 1 atom stereocenters. The number of aromatic nitrogens is 2. The summed E-state index contributed by atoms with van der Waals surface area (Å²) in [7, 11) is 0. The molecule has 5 heterocycles. The first-order valence-electron chi connectivity index (χ1n) is 19.2. The van der Waals surface area contributed by atoms with Crippen LogP contribution in [0, 0.1) is 22.2 Å². The smallest absolute Gasteiger partial charge is 0.262 e. The molecule has 2 N–H and O–H groups in total. The fraction of sp³-hybridized carbons (Fsp3) is 0.439. The molecular formula is C41H42ClN9O7. The quantitative estimate of drug-likeness (QED) is 0.316. The first kappa shape index (κ1) is 38.9. The van der Waals surface area contributed by atoms with E-state index in [0.29, 0.717) is 67.1 Å². The van der Waals surface area contributed by atoms with Crippen molar-refractivity contribution >= 4 is 53.0 Å². The molecule has 6 amide bonds. The van der Waals surface area contributed by atoms with Gasteiger partial charge in [0.2, 0.25) is 23.7 Å². The van der Waals surface area contributed by atoms with Crippen molar-refractivity contribution in [3.8, 4) is 11.8 Å². The Balaban J connectivity index is 0.815. The molecule has 1 aliphatic carbocycles. The molecule has 1 unspecified atom stereocenters. The average Bonchev–Trinajstić information content (AvgIpc) is 3.72. The maximum absolute atomic E-state index is 13.4. The van der Waals surface area contributed by atoms with Crippen molar-refractivity contribution in [2.24, 2.45) is 10.8 Å². The number of carbonyl (C=O) groups is 6. The van der Waals surface area contributed by atoms with Crippen molar-refractivity contribution in [2.75, 3.05) is 37.6 Å². The van der Waals surface area contributed by atoms with Crippen molar-refractivity contribution in [1.29, 1.82) is 5.26 Å². The molecule has 2 aromatic carbocycles. The first-order chi connectivity index (χ1) is 27.6. The number of ether oxygens (including phenoxy) is 1. The molecule has 300 valence electrons. The van der Waals surface area contributed by atoms with Gasteiger partial charge in [-0.1, -0.05) is 39.3 Å². The molecule has 17 heteroatoms. The van der Waals surface area contributed by atoms with Crippen molar-refractivity contribution < 1.29 is 33.5 Å². The predicted molar refractivity (Wildman–Crippen MR) is 207 cm³/mol. The van der Waals surface area contributed by atoms with E-state index in [1.54, 1.807) is 35.2 Å². The van der Waals surface area contributed by atoms with Crippen LogP contribution in [0.15, 0.2) is 42.7 Å². The van der Waals surface area contributed by atoms with E-state index in [1.807, 2.05) is 38.7 Å². The van der Waals surface area contributed by atoms with Crippen LogP contribution in [-0.2, 0) is 27.5 Å². The molecular weight excluding hydrogens is 766 g/mol. The van der Waals surface area contributed by atoms with E-state index >= 15 is 0 Å². The first-order valence-corrected chi connectivity index (χ1v) is 19.6. The number of piperazine rings is 1. The molecule has 0 spiro atoms. The van der Waals surface area contributed by atoms with Gasteiger partial charge in [-0.15, -0.1) is 0 Å². The number of amides is 6. The van der Waals surface area contributed by atoms with Crippen LogP contribution in [0.1, 0.15) is 88.3 Å². The number of halogens is 1. The van der Waals surface area contributed by atoms with Gasteiger partial charge in [0.15, 0.2) is 0 Å². The summed E-state index contributed by atoms with van der Waals surface area (Å²) in [6, 6.07) is 9.07. The number of benzene rings is 2. The summed E-state index contributed by atoms with van der Waals surface area (Å²) in [5, 5.41) is 14.9. The van der Waals surface area contributed by atoms with Gasteiger partial charge in [0.25, 0.3) is 17.7 Å². The SMILES string of the molecule is CC1(C)C(NC(=O)c2cnc(N3CCN(CC(=O)N4Cc5cc6c(cc5C4)C(=O)N(C4CCC(=O)NC4=O)C6=O)CC3)nc2)C(C)(C)C1Oc1ccc(C#N)c(Cl)c1. The third-order valence-corrected chi connectivity index (χ3v) is 12.5. The summed E-state index contributed by atoms with van der Waals surface area (Å²) in [6.07, 6.45) is 2.93. The fourth-order valence-corrected chi connectivity index (χ4v) is 9.57. The molecule has 1 saturated carbocycles. The number of nitriles is 1. The highest BCUT2D eigenvalue weighted by molar-refractivity contribution is 6.31. The normalized spacial score (nSPS) is 23.4. The van der Waals surface area contributed by atoms with Gasteiger partial charge in [0.1, 0.15) is 24.0 Å². The molecule has 58 heavy (non-hydrogen) atoms. The van der Waals surface area contributed by atoms with Crippen molar-refractivity contribution in [3.05, 3.63) is 81.1 Å². The van der Waals surface area contributed by atoms with Crippen molar-refractivity contribution in [2.45, 2.75) is 71.8 Å². The minimum Gasteiger partial charge on any atom is -0.489 e. The predicted octanol–water partition coefficient (Wildman–Crippen LogP) is 2.68. The zero-order valence-electron chi connectivity index (χ0n) is 32.5. The molecule has 0 bridgehead atoms. The summed E-state index contributed by atoms with van der Waals surface area (Å²) in [4.78, 5) is 93.1. The minimum atomic E-state index is -1.03. The minimum absolute atomic E-state index is 0.0474. The molecule has 16 nitrogen and oxygen atoms in total. The van der Waals surface area contributed by atoms with Crippen LogP contribution < -0.4 is 20.3 Å². The summed E-state index contributed by atoms with van der Waals surface area (Å²) >= 11 is 6.23. The Kier molecular flexibility index (Phi) is 9.72. The summed E-state index contributed by atoms with van der Waals surface area (Å²) in [5.74, 6) is -1.55. The van der Waals surface area contributed by atoms with E-state index < -0.39 is 40.5 Å². The Bertz CT molecular complexity index is 2260. The molecule has 4 aliphatic heterocycles. The van der Waals surface area contributed by atoms with Crippen LogP contribution in [0.3, 0.4) is 0 Å². The monoisotopic (exact) mass is 807 g/mol. The molecule has 8 rings (SSSR count). The zero-order valence-corrected chi connectivity index (χ0v) is 33.3. The molecule has 2 saturated heterocycles. The van der Waals surface area contributed by atoms with Gasteiger partial charge in [-0.2, -0.15) is 5.26 Å². The largest absolute Gasteiger partial charge is 0.489 e.